The van der Waals surface area contributed by atoms with E-state index in [1.165, 1.54) is 5.56 Å². The molecular weight excluding hydrogens is 260 g/mol. The van der Waals surface area contributed by atoms with E-state index < -0.39 is 0 Å². The smallest absolute Gasteiger partial charge is 0.255 e. The summed E-state index contributed by atoms with van der Waals surface area (Å²) in [7, 11) is 1.93. The average molecular weight is 282 g/mol. The molecule has 3 nitrogen and oxygen atoms in total. The maximum atomic E-state index is 12.3. The van der Waals surface area contributed by atoms with Crippen LogP contribution in [0.3, 0.4) is 0 Å². The summed E-state index contributed by atoms with van der Waals surface area (Å²) in [4.78, 5) is 12.3. The molecule has 0 heterocycles. The van der Waals surface area contributed by atoms with Gasteiger partial charge in [-0.3, -0.25) is 4.79 Å². The third kappa shape index (κ3) is 3.92. The molecule has 0 aliphatic carbocycles. The third-order valence-corrected chi connectivity index (χ3v) is 3.59. The molecule has 1 atom stereocenters. The predicted molar refractivity (Wildman–Crippen MR) is 87.8 cm³/mol. The van der Waals surface area contributed by atoms with E-state index in [9.17, 15) is 4.79 Å². The van der Waals surface area contributed by atoms with Gasteiger partial charge in [0.2, 0.25) is 0 Å². The van der Waals surface area contributed by atoms with Crippen LogP contribution in [0.25, 0.3) is 0 Å². The Kier molecular flexibility index (Phi) is 4.76. The number of anilines is 1. The van der Waals surface area contributed by atoms with Crippen molar-refractivity contribution in [1.29, 1.82) is 0 Å². The summed E-state index contributed by atoms with van der Waals surface area (Å²) in [6.45, 7) is 6.10. The lowest BCUT2D eigenvalue weighted by atomic mass is 10.1. The van der Waals surface area contributed by atoms with Crippen LogP contribution >= 0.6 is 0 Å². The fourth-order valence-electron chi connectivity index (χ4n) is 2.33. The summed E-state index contributed by atoms with van der Waals surface area (Å²) in [5.74, 6) is -0.0729. The minimum absolute atomic E-state index is 0.0729. The number of amides is 1. The second-order valence-electron chi connectivity index (χ2n) is 5.46. The van der Waals surface area contributed by atoms with Gasteiger partial charge in [0.15, 0.2) is 0 Å². The highest BCUT2D eigenvalue weighted by Gasteiger charge is 2.08. The lowest BCUT2D eigenvalue weighted by molar-refractivity contribution is 0.102. The Morgan fingerprint density at radius 1 is 1.00 bits per heavy atom. The number of carbonyl (C=O) groups excluding carboxylic acids is 1. The Bertz CT molecular complexity index is 612. The van der Waals surface area contributed by atoms with Crippen LogP contribution in [0, 0.1) is 13.8 Å². The average Bonchev–Trinajstić information content (AvgIpc) is 2.46. The van der Waals surface area contributed by atoms with Gasteiger partial charge in [-0.05, 0) is 57.6 Å². The molecule has 1 amide bonds. The molecule has 0 aliphatic rings. The van der Waals surface area contributed by atoms with Crippen LogP contribution in [0.5, 0.6) is 0 Å². The Labute approximate surface area is 126 Å². The molecule has 2 rings (SSSR count). The molecule has 0 spiro atoms. The Morgan fingerprint density at radius 3 is 2.10 bits per heavy atom. The summed E-state index contributed by atoms with van der Waals surface area (Å²) < 4.78 is 0. The molecule has 0 fully saturated rings. The zero-order valence-electron chi connectivity index (χ0n) is 13.0. The Morgan fingerprint density at radius 2 is 1.57 bits per heavy atom. The van der Waals surface area contributed by atoms with E-state index in [2.05, 4.69) is 23.6 Å². The Hall–Kier alpha value is -2.13. The van der Waals surface area contributed by atoms with Gasteiger partial charge in [-0.15, -0.1) is 0 Å². The first-order valence-electron chi connectivity index (χ1n) is 7.16. The molecule has 0 radical (unpaired) electrons. The fraction of sp³-hybridized carbons (Fsp3) is 0.278. The van der Waals surface area contributed by atoms with Crippen molar-refractivity contribution in [2.75, 3.05) is 12.4 Å². The molecule has 0 saturated heterocycles. The van der Waals surface area contributed by atoms with Gasteiger partial charge in [0.25, 0.3) is 5.91 Å². The number of hydrogen-bond acceptors (Lipinski definition) is 2. The second kappa shape index (κ2) is 6.55. The molecule has 0 aromatic heterocycles. The van der Waals surface area contributed by atoms with Crippen molar-refractivity contribution in [2.45, 2.75) is 26.8 Å². The molecule has 2 aromatic carbocycles. The summed E-state index contributed by atoms with van der Waals surface area (Å²) in [6.07, 6.45) is 0. The number of hydrogen-bond donors (Lipinski definition) is 2. The Balaban J connectivity index is 2.12. The van der Waals surface area contributed by atoms with Crippen LogP contribution in [0.15, 0.2) is 42.5 Å². The van der Waals surface area contributed by atoms with Gasteiger partial charge in [-0.25, -0.2) is 0 Å². The van der Waals surface area contributed by atoms with Crippen LogP contribution in [0.4, 0.5) is 5.69 Å². The molecule has 21 heavy (non-hydrogen) atoms. The molecular formula is C18H22N2O. The molecule has 3 heteroatoms. The molecule has 1 unspecified atom stereocenters. The van der Waals surface area contributed by atoms with Gasteiger partial charge in [0.1, 0.15) is 0 Å². The summed E-state index contributed by atoms with van der Waals surface area (Å²) in [6, 6.07) is 14.1. The topological polar surface area (TPSA) is 41.1 Å². The van der Waals surface area contributed by atoms with Crippen molar-refractivity contribution < 1.29 is 4.79 Å². The van der Waals surface area contributed by atoms with E-state index in [1.807, 2.05) is 57.3 Å². The monoisotopic (exact) mass is 282 g/mol. The largest absolute Gasteiger partial charge is 0.322 e. The number of benzene rings is 2. The summed E-state index contributed by atoms with van der Waals surface area (Å²) >= 11 is 0. The van der Waals surface area contributed by atoms with Gasteiger partial charge in [0.05, 0.1) is 0 Å². The van der Waals surface area contributed by atoms with Gasteiger partial charge >= 0.3 is 0 Å². The minimum Gasteiger partial charge on any atom is -0.322 e. The third-order valence-electron chi connectivity index (χ3n) is 3.59. The first kappa shape index (κ1) is 15.3. The van der Waals surface area contributed by atoms with Crippen molar-refractivity contribution in [3.05, 3.63) is 64.7 Å². The highest BCUT2D eigenvalue weighted by molar-refractivity contribution is 6.04. The van der Waals surface area contributed by atoms with E-state index in [-0.39, 0.29) is 5.91 Å². The molecule has 0 saturated carbocycles. The van der Waals surface area contributed by atoms with Gasteiger partial charge in [0, 0.05) is 17.3 Å². The second-order valence-corrected chi connectivity index (χ2v) is 5.46. The van der Waals surface area contributed by atoms with Crippen LogP contribution < -0.4 is 10.6 Å². The normalized spacial score (nSPS) is 12.0. The summed E-state index contributed by atoms with van der Waals surface area (Å²) in [5, 5.41) is 6.13. The van der Waals surface area contributed by atoms with E-state index in [1.54, 1.807) is 0 Å². The van der Waals surface area contributed by atoms with Gasteiger partial charge in [-0.2, -0.15) is 0 Å². The van der Waals surface area contributed by atoms with E-state index >= 15 is 0 Å². The van der Waals surface area contributed by atoms with E-state index in [0.29, 0.717) is 11.6 Å². The first-order valence-corrected chi connectivity index (χ1v) is 7.16. The van der Waals surface area contributed by atoms with Crippen LogP contribution in [0.2, 0.25) is 0 Å². The quantitative estimate of drug-likeness (QED) is 0.894. The number of nitrogens with one attached hydrogen (secondary N) is 2. The lowest BCUT2D eigenvalue weighted by Gasteiger charge is -2.12. The SMILES string of the molecule is CNC(C)c1ccc(NC(=O)c2cc(C)cc(C)c2)cc1. The number of carbonyl (C=O) groups is 1. The maximum absolute atomic E-state index is 12.3. The van der Waals surface area contributed by atoms with E-state index in [0.717, 1.165) is 16.8 Å². The number of aryl methyl sites for hydroxylation is 2. The zero-order chi connectivity index (χ0) is 15.4. The van der Waals surface area contributed by atoms with Crippen LogP contribution in [-0.2, 0) is 0 Å². The molecule has 2 aromatic rings. The van der Waals surface area contributed by atoms with Gasteiger partial charge in [-0.1, -0.05) is 29.3 Å². The lowest BCUT2D eigenvalue weighted by Crippen LogP contribution is -2.14. The van der Waals surface area contributed by atoms with Gasteiger partial charge < -0.3 is 10.6 Å². The first-order chi connectivity index (χ1) is 9.99. The van der Waals surface area contributed by atoms with Crippen molar-refractivity contribution >= 4 is 11.6 Å². The van der Waals surface area contributed by atoms with Crippen LogP contribution in [-0.4, -0.2) is 13.0 Å². The van der Waals surface area contributed by atoms with Crippen molar-refractivity contribution in [2.24, 2.45) is 0 Å². The van der Waals surface area contributed by atoms with Crippen molar-refractivity contribution in [3.63, 3.8) is 0 Å². The molecule has 0 bridgehead atoms. The molecule has 0 aliphatic heterocycles. The van der Waals surface area contributed by atoms with Crippen molar-refractivity contribution in [1.82, 2.24) is 5.32 Å². The maximum Gasteiger partial charge on any atom is 0.255 e. The standard InChI is InChI=1S/C18H22N2O/c1-12-9-13(2)11-16(10-12)18(21)20-17-7-5-15(6-8-17)14(3)19-4/h5-11,14,19H,1-4H3,(H,20,21). The van der Waals surface area contributed by atoms with Crippen LogP contribution in [0.1, 0.15) is 40.0 Å². The van der Waals surface area contributed by atoms with Crippen molar-refractivity contribution in [3.8, 4) is 0 Å². The predicted octanol–water partition coefficient (Wildman–Crippen LogP) is 3.84. The molecule has 110 valence electrons. The minimum atomic E-state index is -0.0729. The molecule has 2 N–H and O–H groups in total. The summed E-state index contributed by atoms with van der Waals surface area (Å²) in [5.41, 5.74) is 4.89. The fourth-order valence-corrected chi connectivity index (χ4v) is 2.33. The zero-order valence-corrected chi connectivity index (χ0v) is 13.0. The number of rotatable bonds is 4. The highest BCUT2D eigenvalue weighted by atomic mass is 16.1. The van der Waals surface area contributed by atoms with E-state index in [4.69, 9.17) is 0 Å². The highest BCUT2D eigenvalue weighted by Crippen LogP contribution is 2.17.